The molecule has 2 aromatic rings. The lowest BCUT2D eigenvalue weighted by Gasteiger charge is -2.25. The zero-order chi connectivity index (χ0) is 15.4. The molecule has 0 saturated heterocycles. The molecule has 112 valence electrons. The predicted molar refractivity (Wildman–Crippen MR) is 83.2 cm³/mol. The first-order valence-electron chi connectivity index (χ1n) is 6.73. The number of hydrogen-bond donors (Lipinski definition) is 2. The van der Waals surface area contributed by atoms with Gasteiger partial charge in [-0.05, 0) is 24.6 Å². The molecule has 2 N–H and O–H groups in total. The number of carbonyl (C=O) groups excluding carboxylic acids is 1. The number of cyclic esters (lactones) is 1. The molecule has 1 aromatic heterocycles. The van der Waals surface area contributed by atoms with Crippen LogP contribution in [-0.4, -0.2) is 22.8 Å². The summed E-state index contributed by atoms with van der Waals surface area (Å²) < 4.78 is 5.17. The Morgan fingerprint density at radius 1 is 1.36 bits per heavy atom. The number of esters is 1. The molecular weight excluding hydrogens is 325 g/mol. The SMILES string of the molecule is Cc1[nH]nc2c1C(c1ccc(Cl)cc1Cl)C1=C(COC1=O)N2. The fraction of sp³-hybridized carbons (Fsp3) is 0.200. The molecule has 4 rings (SSSR count). The van der Waals surface area contributed by atoms with Gasteiger partial charge < -0.3 is 10.1 Å². The van der Waals surface area contributed by atoms with Crippen LogP contribution >= 0.6 is 23.2 Å². The maximum atomic E-state index is 12.2. The minimum atomic E-state index is -0.329. The van der Waals surface area contributed by atoms with Crippen molar-refractivity contribution in [2.75, 3.05) is 11.9 Å². The molecule has 0 aliphatic carbocycles. The van der Waals surface area contributed by atoms with Gasteiger partial charge in [0, 0.05) is 21.3 Å². The van der Waals surface area contributed by atoms with Crippen LogP contribution < -0.4 is 5.32 Å². The number of anilines is 1. The van der Waals surface area contributed by atoms with Gasteiger partial charge in [-0.1, -0.05) is 29.3 Å². The number of halogens is 2. The number of benzene rings is 1. The summed E-state index contributed by atoms with van der Waals surface area (Å²) in [6, 6.07) is 5.28. The summed E-state index contributed by atoms with van der Waals surface area (Å²) in [5.74, 6) is 0.0556. The van der Waals surface area contributed by atoms with Crippen LogP contribution in [0.15, 0.2) is 29.5 Å². The molecule has 22 heavy (non-hydrogen) atoms. The summed E-state index contributed by atoms with van der Waals surface area (Å²) in [5.41, 5.74) is 3.91. The second kappa shape index (κ2) is 4.76. The fourth-order valence-corrected chi connectivity index (χ4v) is 3.55. The van der Waals surface area contributed by atoms with Crippen molar-refractivity contribution in [3.05, 3.63) is 56.3 Å². The van der Waals surface area contributed by atoms with Gasteiger partial charge in [-0.3, -0.25) is 5.10 Å². The fourth-order valence-electron chi connectivity index (χ4n) is 3.03. The van der Waals surface area contributed by atoms with Crippen molar-refractivity contribution in [1.29, 1.82) is 0 Å². The number of fused-ring (bicyclic) bond motifs is 1. The summed E-state index contributed by atoms with van der Waals surface area (Å²) in [4.78, 5) is 12.2. The van der Waals surface area contributed by atoms with Crippen molar-refractivity contribution < 1.29 is 9.53 Å². The highest BCUT2D eigenvalue weighted by atomic mass is 35.5. The Balaban J connectivity index is 1.98. The average molecular weight is 336 g/mol. The number of aromatic amines is 1. The Bertz CT molecular complexity index is 841. The normalized spacial score (nSPS) is 19.6. The summed E-state index contributed by atoms with van der Waals surface area (Å²) >= 11 is 12.4. The van der Waals surface area contributed by atoms with Gasteiger partial charge in [-0.25, -0.2) is 4.79 Å². The lowest BCUT2D eigenvalue weighted by atomic mass is 9.82. The number of H-pyrrole nitrogens is 1. The maximum Gasteiger partial charge on any atom is 0.337 e. The highest BCUT2D eigenvalue weighted by Crippen LogP contribution is 2.46. The molecule has 7 heteroatoms. The van der Waals surface area contributed by atoms with E-state index in [4.69, 9.17) is 27.9 Å². The van der Waals surface area contributed by atoms with Crippen LogP contribution in [-0.2, 0) is 9.53 Å². The molecule has 0 fully saturated rings. The highest BCUT2D eigenvalue weighted by Gasteiger charge is 2.41. The van der Waals surface area contributed by atoms with Crippen molar-refractivity contribution in [3.8, 4) is 0 Å². The van der Waals surface area contributed by atoms with Crippen molar-refractivity contribution in [1.82, 2.24) is 10.2 Å². The molecule has 3 heterocycles. The second-order valence-corrected chi connectivity index (χ2v) is 6.15. The molecule has 1 atom stereocenters. The number of ether oxygens (including phenoxy) is 1. The van der Waals surface area contributed by atoms with E-state index in [0.717, 1.165) is 22.5 Å². The first kappa shape index (κ1) is 13.7. The van der Waals surface area contributed by atoms with Gasteiger partial charge in [-0.2, -0.15) is 5.10 Å². The Morgan fingerprint density at radius 2 is 2.18 bits per heavy atom. The van der Waals surface area contributed by atoms with Gasteiger partial charge in [0.1, 0.15) is 6.61 Å². The lowest BCUT2D eigenvalue weighted by molar-refractivity contribution is -0.136. The van der Waals surface area contributed by atoms with E-state index in [0.29, 0.717) is 21.4 Å². The van der Waals surface area contributed by atoms with E-state index in [1.54, 1.807) is 12.1 Å². The van der Waals surface area contributed by atoms with Crippen LogP contribution in [0, 0.1) is 6.92 Å². The number of hydrogen-bond acceptors (Lipinski definition) is 4. The average Bonchev–Trinajstić information content (AvgIpc) is 3.02. The standard InChI is InChI=1S/C15H11Cl2N3O2/c1-6-11-12(8-3-2-7(16)4-9(8)17)13-10(5-22-15(13)21)18-14(11)20-19-6/h2-4,12H,5H2,1H3,(H2,18,19,20). The summed E-state index contributed by atoms with van der Waals surface area (Å²) in [5, 5.41) is 11.4. The van der Waals surface area contributed by atoms with E-state index in [2.05, 4.69) is 15.5 Å². The summed E-state index contributed by atoms with van der Waals surface area (Å²) in [7, 11) is 0. The molecule has 0 bridgehead atoms. The molecule has 0 amide bonds. The van der Waals surface area contributed by atoms with Crippen LogP contribution in [0.4, 0.5) is 5.82 Å². The third kappa shape index (κ3) is 1.86. The van der Waals surface area contributed by atoms with Crippen molar-refractivity contribution in [2.24, 2.45) is 0 Å². The monoisotopic (exact) mass is 335 g/mol. The Morgan fingerprint density at radius 3 is 2.95 bits per heavy atom. The van der Waals surface area contributed by atoms with Crippen LogP contribution in [0.2, 0.25) is 10.0 Å². The lowest BCUT2D eigenvalue weighted by Crippen LogP contribution is -2.20. The Kier molecular flexibility index (Phi) is 2.96. The number of carbonyl (C=O) groups is 1. The first-order valence-corrected chi connectivity index (χ1v) is 7.49. The summed E-state index contributed by atoms with van der Waals surface area (Å²) in [6.45, 7) is 2.14. The Hall–Kier alpha value is -1.98. The first-order chi connectivity index (χ1) is 10.6. The number of nitrogens with zero attached hydrogens (tertiary/aromatic N) is 1. The predicted octanol–water partition coefficient (Wildman–Crippen LogP) is 3.39. The van der Waals surface area contributed by atoms with Crippen molar-refractivity contribution in [2.45, 2.75) is 12.8 Å². The molecule has 2 aliphatic heterocycles. The van der Waals surface area contributed by atoms with Crippen molar-refractivity contribution >= 4 is 35.0 Å². The third-order valence-corrected chi connectivity index (χ3v) is 4.57. The smallest absolute Gasteiger partial charge is 0.337 e. The largest absolute Gasteiger partial charge is 0.456 e. The quantitative estimate of drug-likeness (QED) is 0.784. The zero-order valence-corrected chi connectivity index (χ0v) is 13.0. The number of nitrogens with one attached hydrogen (secondary N) is 2. The third-order valence-electron chi connectivity index (χ3n) is 4.01. The molecule has 1 aromatic carbocycles. The topological polar surface area (TPSA) is 67.0 Å². The molecule has 2 aliphatic rings. The second-order valence-electron chi connectivity index (χ2n) is 5.30. The van der Waals surface area contributed by atoms with Gasteiger partial charge in [0.15, 0.2) is 5.82 Å². The van der Waals surface area contributed by atoms with E-state index < -0.39 is 0 Å². The van der Waals surface area contributed by atoms with E-state index >= 15 is 0 Å². The number of aryl methyl sites for hydroxylation is 1. The molecule has 0 radical (unpaired) electrons. The minimum absolute atomic E-state index is 0.223. The highest BCUT2D eigenvalue weighted by molar-refractivity contribution is 6.35. The maximum absolute atomic E-state index is 12.2. The molecule has 1 unspecified atom stereocenters. The number of aromatic nitrogens is 2. The van der Waals surface area contributed by atoms with E-state index in [1.165, 1.54) is 0 Å². The number of rotatable bonds is 1. The van der Waals surface area contributed by atoms with E-state index in [9.17, 15) is 4.79 Å². The Labute approximate surface area is 136 Å². The van der Waals surface area contributed by atoms with Crippen LogP contribution in [0.25, 0.3) is 0 Å². The van der Waals surface area contributed by atoms with Gasteiger partial charge >= 0.3 is 5.97 Å². The van der Waals surface area contributed by atoms with Gasteiger partial charge in [-0.15, -0.1) is 0 Å². The van der Waals surface area contributed by atoms with Crippen LogP contribution in [0.5, 0.6) is 0 Å². The van der Waals surface area contributed by atoms with E-state index in [1.807, 2.05) is 13.0 Å². The van der Waals surface area contributed by atoms with Gasteiger partial charge in [0.25, 0.3) is 0 Å². The van der Waals surface area contributed by atoms with Crippen molar-refractivity contribution in [3.63, 3.8) is 0 Å². The van der Waals surface area contributed by atoms with Crippen LogP contribution in [0.3, 0.4) is 0 Å². The van der Waals surface area contributed by atoms with Crippen LogP contribution in [0.1, 0.15) is 22.7 Å². The zero-order valence-electron chi connectivity index (χ0n) is 11.5. The molecular formula is C15H11Cl2N3O2. The van der Waals surface area contributed by atoms with E-state index in [-0.39, 0.29) is 18.5 Å². The van der Waals surface area contributed by atoms with Gasteiger partial charge in [0.05, 0.1) is 17.2 Å². The molecule has 0 spiro atoms. The summed E-state index contributed by atoms with van der Waals surface area (Å²) in [6.07, 6.45) is 0. The molecule has 5 nitrogen and oxygen atoms in total. The van der Waals surface area contributed by atoms with Gasteiger partial charge in [0.2, 0.25) is 0 Å². The molecule has 0 saturated carbocycles. The minimum Gasteiger partial charge on any atom is -0.456 e.